The molecule has 0 atom stereocenters. The Bertz CT molecular complexity index is 364. The molecule has 1 heterocycles. The molecule has 3 nitrogen and oxygen atoms in total. The van der Waals surface area contributed by atoms with E-state index in [1.165, 1.54) is 0 Å². The van der Waals surface area contributed by atoms with Gasteiger partial charge in [-0.15, -0.1) is 0 Å². The van der Waals surface area contributed by atoms with Crippen LogP contribution >= 0.6 is 0 Å². The van der Waals surface area contributed by atoms with Gasteiger partial charge < -0.3 is 10.1 Å². The molecule has 4 heteroatoms. The molecule has 1 aromatic carbocycles. The fraction of sp³-hybridized carbons (Fsp3) is 0.538. The van der Waals surface area contributed by atoms with Crippen LogP contribution in [0.5, 0.6) is 0 Å². The van der Waals surface area contributed by atoms with Gasteiger partial charge in [0, 0.05) is 45.4 Å². The average Bonchev–Trinajstić information content (AvgIpc) is 2.34. The zero-order valence-corrected chi connectivity index (χ0v) is 10.2. The SMILES string of the molecule is COCc1ccc(CN2CCNCC2)c(F)c1. The first-order valence-corrected chi connectivity index (χ1v) is 5.99. The Balaban J connectivity index is 2.00. The van der Waals surface area contributed by atoms with Crippen molar-refractivity contribution >= 4 is 0 Å². The molecule has 0 amide bonds. The van der Waals surface area contributed by atoms with Crippen LogP contribution in [0.1, 0.15) is 11.1 Å². The highest BCUT2D eigenvalue weighted by atomic mass is 19.1. The first-order chi connectivity index (χ1) is 8.29. The minimum atomic E-state index is -0.127. The van der Waals surface area contributed by atoms with Crippen LogP contribution in [0.25, 0.3) is 0 Å². The molecule has 0 spiro atoms. The number of ether oxygens (including phenoxy) is 1. The fourth-order valence-corrected chi connectivity index (χ4v) is 2.09. The van der Waals surface area contributed by atoms with Gasteiger partial charge in [-0.05, 0) is 11.6 Å². The van der Waals surface area contributed by atoms with Crippen molar-refractivity contribution in [3.63, 3.8) is 0 Å². The van der Waals surface area contributed by atoms with Gasteiger partial charge in [-0.3, -0.25) is 4.90 Å². The number of nitrogens with zero attached hydrogens (tertiary/aromatic N) is 1. The van der Waals surface area contributed by atoms with E-state index in [1.54, 1.807) is 13.2 Å². The van der Waals surface area contributed by atoms with Crippen molar-refractivity contribution in [2.45, 2.75) is 13.2 Å². The first kappa shape index (κ1) is 12.5. The number of methoxy groups -OCH3 is 1. The van der Waals surface area contributed by atoms with Gasteiger partial charge in [0.1, 0.15) is 5.82 Å². The van der Waals surface area contributed by atoms with Crippen LogP contribution in [0.15, 0.2) is 18.2 Å². The third-order valence-electron chi connectivity index (χ3n) is 3.03. The molecule has 1 aliphatic heterocycles. The molecule has 2 rings (SSSR count). The molecular formula is C13H19FN2O. The minimum Gasteiger partial charge on any atom is -0.380 e. The van der Waals surface area contributed by atoms with Crippen molar-refractivity contribution in [3.05, 3.63) is 35.1 Å². The molecule has 0 aliphatic carbocycles. The molecule has 1 N–H and O–H groups in total. The maximum Gasteiger partial charge on any atom is 0.128 e. The summed E-state index contributed by atoms with van der Waals surface area (Å²) in [7, 11) is 1.62. The second-order valence-electron chi connectivity index (χ2n) is 4.38. The molecule has 1 aromatic rings. The molecular weight excluding hydrogens is 219 g/mol. The van der Waals surface area contributed by atoms with Gasteiger partial charge in [0.25, 0.3) is 0 Å². The third-order valence-corrected chi connectivity index (χ3v) is 3.03. The molecule has 17 heavy (non-hydrogen) atoms. The van der Waals surface area contributed by atoms with E-state index < -0.39 is 0 Å². The van der Waals surface area contributed by atoms with Crippen LogP contribution in [0.2, 0.25) is 0 Å². The van der Waals surface area contributed by atoms with E-state index in [-0.39, 0.29) is 5.82 Å². The van der Waals surface area contributed by atoms with E-state index in [0.29, 0.717) is 13.2 Å². The Hall–Kier alpha value is -0.970. The Labute approximate surface area is 102 Å². The van der Waals surface area contributed by atoms with Crippen molar-refractivity contribution < 1.29 is 9.13 Å². The number of piperazine rings is 1. The Morgan fingerprint density at radius 3 is 2.76 bits per heavy atom. The van der Waals surface area contributed by atoms with Gasteiger partial charge in [0.05, 0.1) is 6.61 Å². The summed E-state index contributed by atoms with van der Waals surface area (Å²) in [4.78, 5) is 2.27. The van der Waals surface area contributed by atoms with Crippen LogP contribution < -0.4 is 5.32 Å². The quantitative estimate of drug-likeness (QED) is 0.857. The molecule has 1 fully saturated rings. The lowest BCUT2D eigenvalue weighted by atomic mass is 10.1. The third kappa shape index (κ3) is 3.49. The van der Waals surface area contributed by atoms with E-state index in [9.17, 15) is 4.39 Å². The summed E-state index contributed by atoms with van der Waals surface area (Å²) >= 11 is 0. The van der Waals surface area contributed by atoms with E-state index >= 15 is 0 Å². The lowest BCUT2D eigenvalue weighted by molar-refractivity contribution is 0.184. The van der Waals surface area contributed by atoms with Gasteiger partial charge in [-0.1, -0.05) is 12.1 Å². The highest BCUT2D eigenvalue weighted by molar-refractivity contribution is 5.24. The summed E-state index contributed by atoms with van der Waals surface area (Å²) in [6.07, 6.45) is 0. The molecule has 1 aliphatic rings. The molecule has 0 unspecified atom stereocenters. The average molecular weight is 238 g/mol. The van der Waals surface area contributed by atoms with Gasteiger partial charge in [0.15, 0.2) is 0 Å². The van der Waals surface area contributed by atoms with Crippen LogP contribution in [0.3, 0.4) is 0 Å². The van der Waals surface area contributed by atoms with E-state index in [1.807, 2.05) is 12.1 Å². The minimum absolute atomic E-state index is 0.127. The van der Waals surface area contributed by atoms with Crippen molar-refractivity contribution in [3.8, 4) is 0 Å². The van der Waals surface area contributed by atoms with Crippen molar-refractivity contribution in [1.29, 1.82) is 0 Å². The number of hydrogen-bond donors (Lipinski definition) is 1. The molecule has 1 saturated heterocycles. The normalized spacial score (nSPS) is 17.3. The summed E-state index contributed by atoms with van der Waals surface area (Å²) in [6, 6.07) is 5.37. The Morgan fingerprint density at radius 2 is 2.12 bits per heavy atom. The number of benzene rings is 1. The summed E-state index contributed by atoms with van der Waals surface area (Å²) in [6.45, 7) is 5.11. The first-order valence-electron chi connectivity index (χ1n) is 5.99. The maximum atomic E-state index is 13.8. The van der Waals surface area contributed by atoms with E-state index in [2.05, 4.69) is 10.2 Å². The number of nitrogens with one attached hydrogen (secondary N) is 1. The molecule has 0 radical (unpaired) electrons. The lowest BCUT2D eigenvalue weighted by Crippen LogP contribution is -2.43. The smallest absolute Gasteiger partial charge is 0.128 e. The summed E-state index contributed by atoms with van der Waals surface area (Å²) in [5.41, 5.74) is 1.65. The van der Waals surface area contributed by atoms with Crippen LogP contribution in [0.4, 0.5) is 4.39 Å². The summed E-state index contributed by atoms with van der Waals surface area (Å²) in [5, 5.41) is 3.29. The second kappa shape index (κ2) is 6.10. The maximum absolute atomic E-state index is 13.8. The number of halogens is 1. The van der Waals surface area contributed by atoms with Crippen molar-refractivity contribution in [2.75, 3.05) is 33.3 Å². The predicted octanol–water partition coefficient (Wildman–Crippen LogP) is 1.38. The monoisotopic (exact) mass is 238 g/mol. The van der Waals surface area contributed by atoms with Crippen LogP contribution in [-0.4, -0.2) is 38.2 Å². The predicted molar refractivity (Wildman–Crippen MR) is 65.3 cm³/mol. The number of rotatable bonds is 4. The Morgan fingerprint density at radius 1 is 1.35 bits per heavy atom. The van der Waals surface area contributed by atoms with Crippen LogP contribution in [-0.2, 0) is 17.9 Å². The summed E-state index contributed by atoms with van der Waals surface area (Å²) < 4.78 is 18.8. The second-order valence-corrected chi connectivity index (χ2v) is 4.38. The zero-order chi connectivity index (χ0) is 12.1. The molecule has 0 saturated carbocycles. The van der Waals surface area contributed by atoms with Crippen molar-refractivity contribution in [1.82, 2.24) is 10.2 Å². The van der Waals surface area contributed by atoms with E-state index in [0.717, 1.165) is 37.3 Å². The molecule has 94 valence electrons. The highest BCUT2D eigenvalue weighted by Gasteiger charge is 2.12. The fourth-order valence-electron chi connectivity index (χ4n) is 2.09. The standard InChI is InChI=1S/C13H19FN2O/c1-17-10-11-2-3-12(13(14)8-11)9-16-6-4-15-5-7-16/h2-3,8,15H,4-7,9-10H2,1H3. The molecule has 0 bridgehead atoms. The molecule has 0 aromatic heterocycles. The lowest BCUT2D eigenvalue weighted by Gasteiger charge is -2.27. The van der Waals surface area contributed by atoms with Gasteiger partial charge in [0.2, 0.25) is 0 Å². The topological polar surface area (TPSA) is 24.5 Å². The van der Waals surface area contributed by atoms with Gasteiger partial charge in [-0.2, -0.15) is 0 Å². The number of hydrogen-bond acceptors (Lipinski definition) is 3. The van der Waals surface area contributed by atoms with E-state index in [4.69, 9.17) is 4.74 Å². The summed E-state index contributed by atoms with van der Waals surface area (Å²) in [5.74, 6) is -0.127. The highest BCUT2D eigenvalue weighted by Crippen LogP contribution is 2.14. The van der Waals surface area contributed by atoms with Gasteiger partial charge >= 0.3 is 0 Å². The largest absolute Gasteiger partial charge is 0.380 e. The van der Waals surface area contributed by atoms with Gasteiger partial charge in [-0.25, -0.2) is 4.39 Å². The zero-order valence-electron chi connectivity index (χ0n) is 10.2. The Kier molecular flexibility index (Phi) is 4.48. The van der Waals surface area contributed by atoms with Crippen LogP contribution in [0, 0.1) is 5.82 Å². The van der Waals surface area contributed by atoms with Crippen molar-refractivity contribution in [2.24, 2.45) is 0 Å².